The molecule has 62 heavy (non-hydrogen) atoms. The Morgan fingerprint density at radius 2 is 1.63 bits per heavy atom. The molecule has 0 saturated carbocycles. The number of aromatic hydroxyl groups is 2. The Morgan fingerprint density at radius 3 is 2.24 bits per heavy atom. The van der Waals surface area contributed by atoms with Crippen LogP contribution in [0.5, 0.6) is 17.2 Å². The van der Waals surface area contributed by atoms with Gasteiger partial charge in [-0.2, -0.15) is 0 Å². The summed E-state index contributed by atoms with van der Waals surface area (Å²) in [6.07, 6.45) is 3.16. The number of rotatable bonds is 4. The number of benzene rings is 2. The molecule has 15 heteroatoms. The minimum atomic E-state index is -1.97. The average molecular weight is 862 g/mol. The molecule has 0 aliphatic carbocycles. The molecule has 1 spiro atoms. The predicted octanol–water partition coefficient (Wildman–Crippen LogP) is 4.04. The maximum absolute atomic E-state index is 14.7. The van der Waals surface area contributed by atoms with Crippen LogP contribution in [0.2, 0.25) is 0 Å². The van der Waals surface area contributed by atoms with Crippen LogP contribution in [-0.4, -0.2) is 116 Å². The fourth-order valence-corrected chi connectivity index (χ4v) is 9.45. The van der Waals surface area contributed by atoms with E-state index in [1.807, 2.05) is 0 Å². The molecule has 5 N–H and O–H groups in total. The molecular weight excluding hydrogens is 799 g/mol. The van der Waals surface area contributed by atoms with Crippen molar-refractivity contribution in [3.8, 4) is 17.2 Å². The number of allylic oxidation sites excluding steroid dienone is 3. The first kappa shape index (κ1) is 46.8. The second-order valence-electron chi connectivity index (χ2n) is 18.5. The molecule has 4 bridgehead atoms. The number of hydrogen-bond donors (Lipinski definition) is 5. The first-order valence-corrected chi connectivity index (χ1v) is 21.5. The molecule has 338 valence electrons. The lowest BCUT2D eigenvalue weighted by Crippen LogP contribution is -2.50. The van der Waals surface area contributed by atoms with E-state index in [4.69, 9.17) is 28.9 Å². The van der Waals surface area contributed by atoms with Crippen molar-refractivity contribution in [3.05, 3.63) is 63.5 Å². The number of fused-ring (bicyclic) bond motifs is 1. The van der Waals surface area contributed by atoms with Gasteiger partial charge >= 0.3 is 11.8 Å². The number of phenolic OH excluding ortho intramolecular Hbond substituents is 2. The fourth-order valence-electron chi connectivity index (χ4n) is 9.45. The Hall–Kier alpha value is -4.67. The molecule has 2 aromatic carbocycles. The summed E-state index contributed by atoms with van der Waals surface area (Å²) in [6, 6.07) is 0. The van der Waals surface area contributed by atoms with Crippen LogP contribution in [0.4, 0.5) is 0 Å². The summed E-state index contributed by atoms with van der Waals surface area (Å²) >= 11 is 0. The van der Waals surface area contributed by atoms with Crippen molar-refractivity contribution in [2.45, 2.75) is 130 Å². The average Bonchev–Trinajstić information content (AvgIpc) is 3.71. The van der Waals surface area contributed by atoms with E-state index >= 15 is 0 Å². The first-order valence-electron chi connectivity index (χ1n) is 21.5. The molecule has 4 aliphatic rings. The van der Waals surface area contributed by atoms with Gasteiger partial charge < -0.3 is 49.4 Å². The quantitative estimate of drug-likeness (QED) is 0.275. The Kier molecular flexibility index (Phi) is 13.2. The molecule has 9 atom stereocenters. The highest BCUT2D eigenvalue weighted by molar-refractivity contribution is 6.18. The number of Topliss-reactive ketones (excluding diaryl/α,β-unsaturated/α-hetero) is 2. The van der Waals surface area contributed by atoms with Gasteiger partial charge in [0.2, 0.25) is 0 Å². The first-order chi connectivity index (χ1) is 29.0. The maximum atomic E-state index is 14.7. The van der Waals surface area contributed by atoms with Gasteiger partial charge in [0.05, 0.1) is 46.2 Å². The van der Waals surface area contributed by atoms with Gasteiger partial charge in [-0.25, -0.2) is 0 Å². The number of carbonyl (C=O) groups is 3. The molecule has 1 saturated heterocycles. The Labute approximate surface area is 362 Å². The van der Waals surface area contributed by atoms with Gasteiger partial charge in [0.15, 0.2) is 11.4 Å². The largest absolute Gasteiger partial charge is 0.507 e. The normalized spacial score (nSPS) is 33.1. The fraction of sp³-hybridized carbons (Fsp3) is 0.596. The maximum Gasteiger partial charge on any atom is 0.312 e. The zero-order valence-electron chi connectivity index (χ0n) is 37.7. The van der Waals surface area contributed by atoms with Gasteiger partial charge in [0, 0.05) is 94.1 Å². The second-order valence-corrected chi connectivity index (χ2v) is 18.5. The number of methoxy groups -OCH3 is 1. The van der Waals surface area contributed by atoms with Crippen molar-refractivity contribution in [3.63, 3.8) is 0 Å². The number of phenols is 2. The van der Waals surface area contributed by atoms with E-state index in [1.54, 1.807) is 34.6 Å². The SMILES string of the molecule is COC1/C=C\OC2(C)Oc3c(C)c(O)c4c(O)c(c5c(c4c3C2=O)=NC2(CCN(CC(C)C)CC2)N=5)CC(=O)/C(C)=C/C=CC(C)(O)C(O)C(C)C(O)C(C)C(OC(C)=O)C1C. The molecule has 4 aliphatic heterocycles. The minimum absolute atomic E-state index is 0.0392. The number of piperidine rings is 1. The number of carbonyl (C=O) groups excluding carboxylic acids is 3. The summed E-state index contributed by atoms with van der Waals surface area (Å²) in [5.41, 5.74) is -2.25. The Balaban J connectivity index is 1.55. The zero-order valence-corrected chi connectivity index (χ0v) is 37.7. The number of ether oxygens (including phenoxy) is 4. The predicted molar refractivity (Wildman–Crippen MR) is 229 cm³/mol. The molecule has 4 heterocycles. The summed E-state index contributed by atoms with van der Waals surface area (Å²) in [6.45, 7) is 18.8. The Bertz CT molecular complexity index is 2340. The number of likely N-dealkylation sites (tertiary alicyclic amines) is 1. The highest BCUT2D eigenvalue weighted by atomic mass is 16.7. The van der Waals surface area contributed by atoms with Gasteiger partial charge in [0.1, 0.15) is 29.0 Å². The number of ketones is 2. The van der Waals surface area contributed by atoms with Crippen LogP contribution in [0.25, 0.3) is 10.8 Å². The molecule has 1 fully saturated rings. The van der Waals surface area contributed by atoms with Crippen molar-refractivity contribution >= 4 is 28.3 Å². The van der Waals surface area contributed by atoms with Crippen LogP contribution in [0, 0.1) is 30.6 Å². The van der Waals surface area contributed by atoms with E-state index in [1.165, 1.54) is 58.4 Å². The number of esters is 1. The number of hydrogen-bond acceptors (Lipinski definition) is 15. The van der Waals surface area contributed by atoms with E-state index < -0.39 is 82.5 Å². The molecule has 6 rings (SSSR count). The summed E-state index contributed by atoms with van der Waals surface area (Å²) in [5.74, 6) is -6.25. The zero-order chi connectivity index (χ0) is 45.8. The Morgan fingerprint density at radius 1 is 0.984 bits per heavy atom. The van der Waals surface area contributed by atoms with Crippen LogP contribution < -0.4 is 15.5 Å². The minimum Gasteiger partial charge on any atom is -0.507 e. The van der Waals surface area contributed by atoms with Gasteiger partial charge in [-0.3, -0.25) is 24.4 Å². The van der Waals surface area contributed by atoms with Crippen LogP contribution >= 0.6 is 0 Å². The third kappa shape index (κ3) is 8.54. The number of nitrogens with zero attached hydrogens (tertiary/aromatic N) is 3. The third-order valence-electron chi connectivity index (χ3n) is 13.2. The van der Waals surface area contributed by atoms with Gasteiger partial charge in [-0.1, -0.05) is 52.8 Å². The van der Waals surface area contributed by atoms with E-state index in [0.717, 1.165) is 6.54 Å². The topological polar surface area (TPSA) is 217 Å². The van der Waals surface area contributed by atoms with Crippen LogP contribution in [0.15, 0.2) is 46.1 Å². The van der Waals surface area contributed by atoms with Crippen molar-refractivity contribution in [2.24, 2.45) is 33.7 Å². The molecule has 2 aromatic rings. The van der Waals surface area contributed by atoms with Crippen molar-refractivity contribution < 1.29 is 58.9 Å². The van der Waals surface area contributed by atoms with E-state index in [2.05, 4.69) is 18.7 Å². The van der Waals surface area contributed by atoms with Crippen LogP contribution in [0.3, 0.4) is 0 Å². The van der Waals surface area contributed by atoms with Crippen molar-refractivity contribution in [1.82, 2.24) is 4.90 Å². The molecular formula is C47H63N3O12. The smallest absolute Gasteiger partial charge is 0.312 e. The van der Waals surface area contributed by atoms with Gasteiger partial charge in [-0.15, -0.1) is 0 Å². The lowest BCUT2D eigenvalue weighted by molar-refractivity contribution is -0.162. The van der Waals surface area contributed by atoms with E-state index in [9.17, 15) is 39.9 Å². The highest BCUT2D eigenvalue weighted by Crippen LogP contribution is 2.49. The number of aliphatic hydroxyl groups is 3. The van der Waals surface area contributed by atoms with Crippen molar-refractivity contribution in [1.29, 1.82) is 0 Å². The monoisotopic (exact) mass is 861 g/mol. The third-order valence-corrected chi connectivity index (χ3v) is 13.2. The van der Waals surface area contributed by atoms with Crippen LogP contribution in [-0.2, 0) is 30.2 Å². The molecule has 15 nitrogen and oxygen atoms in total. The molecule has 9 unspecified atom stereocenters. The van der Waals surface area contributed by atoms with Crippen LogP contribution in [0.1, 0.15) is 96.6 Å². The van der Waals surface area contributed by atoms with E-state index in [-0.39, 0.29) is 61.7 Å². The van der Waals surface area contributed by atoms with Crippen molar-refractivity contribution in [2.75, 3.05) is 26.7 Å². The van der Waals surface area contributed by atoms with Gasteiger partial charge in [0.25, 0.3) is 5.78 Å². The molecule has 0 radical (unpaired) electrons. The lowest BCUT2D eigenvalue weighted by atomic mass is 9.77. The summed E-state index contributed by atoms with van der Waals surface area (Å²) in [4.78, 5) is 53.9. The molecule has 0 amide bonds. The van der Waals surface area contributed by atoms with E-state index in [0.29, 0.717) is 31.8 Å². The second kappa shape index (κ2) is 17.5. The highest BCUT2D eigenvalue weighted by Gasteiger charge is 2.50. The molecule has 0 aromatic heterocycles. The summed E-state index contributed by atoms with van der Waals surface area (Å²) in [7, 11) is 1.44. The lowest BCUT2D eigenvalue weighted by Gasteiger charge is -2.39. The summed E-state index contributed by atoms with van der Waals surface area (Å²) in [5, 5.41) is 59.0. The number of aliphatic hydroxyl groups excluding tert-OH is 2. The standard InChI is InChI=1S/C47H63N3O12/c1-23(2)22-50-18-16-47(17-19-50)48-36-30-21-31(52)24(3)13-12-15-45(9,58)43(56)28(7)38(53)26(5)41(61-29(8)51)25(4)32(59-11)14-20-60-46(10)44(57)35-33(37(36)49-47)34(40(30)55)39(54)27(6)42(35)62-46/h12-15,20,23,25-26,28,32,38,41,43,53-56,58H,16-19,21-22H2,1-11H3/b15-12?,20-14-,24-13+. The summed E-state index contributed by atoms with van der Waals surface area (Å²) < 4.78 is 23.9. The van der Waals surface area contributed by atoms with Gasteiger partial charge in [-0.05, 0) is 38.3 Å².